The summed E-state index contributed by atoms with van der Waals surface area (Å²) in [7, 11) is 0. The minimum Gasteiger partial charge on any atom is -0.464 e. The molecule has 2 aromatic carbocycles. The largest absolute Gasteiger partial charge is 0.464 e. The van der Waals surface area contributed by atoms with Gasteiger partial charge >= 0.3 is 0 Å². The summed E-state index contributed by atoms with van der Waals surface area (Å²) in [6.07, 6.45) is 32.8. The van der Waals surface area contributed by atoms with E-state index in [1.165, 1.54) is 140 Å². The average Bonchev–Trinajstić information content (AvgIpc) is 3.85. The van der Waals surface area contributed by atoms with Gasteiger partial charge in [-0.1, -0.05) is 167 Å². The Labute approximate surface area is 291 Å². The first kappa shape index (κ1) is 36.1. The Morgan fingerprint density at radius 3 is 1.15 bits per heavy atom. The second-order valence-electron chi connectivity index (χ2n) is 14.4. The number of rotatable bonds is 24. The van der Waals surface area contributed by atoms with E-state index in [1.54, 1.807) is 12.5 Å². The van der Waals surface area contributed by atoms with Crippen molar-refractivity contribution < 1.29 is 13.6 Å². The Morgan fingerprint density at radius 2 is 0.792 bits per heavy atom. The highest BCUT2D eigenvalue weighted by Crippen LogP contribution is 2.57. The van der Waals surface area contributed by atoms with E-state index in [-0.39, 0.29) is 5.41 Å². The molecule has 260 valence electrons. The van der Waals surface area contributed by atoms with E-state index in [4.69, 9.17) is 13.6 Å². The molecule has 2 aromatic heterocycles. The predicted molar refractivity (Wildman–Crippen MR) is 202 cm³/mol. The molecule has 5 rings (SSSR count). The lowest BCUT2D eigenvalue weighted by atomic mass is 9.65. The van der Waals surface area contributed by atoms with Crippen LogP contribution in [0.3, 0.4) is 0 Å². The maximum absolute atomic E-state index is 7.02. The smallest absolute Gasteiger partial charge is 0.142 e. The number of ether oxygens (including phenoxy) is 1. The maximum atomic E-state index is 7.02. The Morgan fingerprint density at radius 1 is 0.417 bits per heavy atom. The van der Waals surface area contributed by atoms with Crippen LogP contribution < -0.4 is 4.74 Å². The fourth-order valence-corrected chi connectivity index (χ4v) is 8.04. The molecule has 1 aliphatic rings. The van der Waals surface area contributed by atoms with Crippen molar-refractivity contribution in [3.8, 4) is 34.1 Å². The SMILES string of the molecule is CCCCCCCCCCCCC1(CCCCCCCCCCCC)c2cccc(-c3ccco3)c2Oc2c(-c3ccco3)cccc21. The monoisotopic (exact) mass is 650 g/mol. The molecule has 3 heterocycles. The van der Waals surface area contributed by atoms with Gasteiger partial charge in [-0.05, 0) is 49.2 Å². The standard InChI is InChI=1S/C45H62O3/c1-3-5-7-9-11-13-15-17-19-21-33-45(34-22-20-18-16-14-12-10-8-6-4-2)39-29-23-27-37(41-31-25-35-46-41)43(39)48-44-38(28-24-30-40(44)45)42-32-26-36-47-42/h23-32,35-36H,3-22,33-34H2,1-2H3. The van der Waals surface area contributed by atoms with Crippen molar-refractivity contribution in [2.45, 2.75) is 161 Å². The van der Waals surface area contributed by atoms with Crippen LogP contribution in [0.15, 0.2) is 82.0 Å². The Kier molecular flexibility index (Phi) is 14.8. The lowest BCUT2D eigenvalue weighted by Crippen LogP contribution is -2.32. The quantitative estimate of drug-likeness (QED) is 0.0708. The van der Waals surface area contributed by atoms with Crippen LogP contribution in [-0.2, 0) is 5.41 Å². The number of para-hydroxylation sites is 2. The molecule has 0 radical (unpaired) electrons. The molecule has 0 N–H and O–H groups in total. The number of unbranched alkanes of at least 4 members (excludes halogenated alkanes) is 18. The van der Waals surface area contributed by atoms with Gasteiger partial charge in [-0.3, -0.25) is 0 Å². The van der Waals surface area contributed by atoms with Crippen LogP contribution in [0.4, 0.5) is 0 Å². The van der Waals surface area contributed by atoms with E-state index in [0.717, 1.165) is 47.0 Å². The van der Waals surface area contributed by atoms with Crippen molar-refractivity contribution in [2.75, 3.05) is 0 Å². The third-order valence-electron chi connectivity index (χ3n) is 10.8. The minimum absolute atomic E-state index is 0.117. The van der Waals surface area contributed by atoms with Gasteiger partial charge in [-0.25, -0.2) is 0 Å². The highest BCUT2D eigenvalue weighted by molar-refractivity contribution is 5.78. The summed E-state index contributed by atoms with van der Waals surface area (Å²) >= 11 is 0. The van der Waals surface area contributed by atoms with Crippen molar-refractivity contribution in [1.82, 2.24) is 0 Å². The number of benzene rings is 2. The molecule has 0 atom stereocenters. The molecule has 4 aromatic rings. The Balaban J connectivity index is 1.38. The highest BCUT2D eigenvalue weighted by atomic mass is 16.5. The minimum atomic E-state index is -0.117. The molecule has 1 aliphatic heterocycles. The summed E-state index contributed by atoms with van der Waals surface area (Å²) in [6.45, 7) is 4.60. The van der Waals surface area contributed by atoms with Crippen molar-refractivity contribution in [3.63, 3.8) is 0 Å². The first-order chi connectivity index (χ1) is 23.8. The van der Waals surface area contributed by atoms with E-state index in [2.05, 4.69) is 62.4 Å². The predicted octanol–water partition coefficient (Wildman–Crippen LogP) is 15.2. The van der Waals surface area contributed by atoms with E-state index < -0.39 is 0 Å². The van der Waals surface area contributed by atoms with Gasteiger partial charge in [-0.15, -0.1) is 0 Å². The van der Waals surface area contributed by atoms with Gasteiger partial charge in [0.1, 0.15) is 23.0 Å². The first-order valence-electron chi connectivity index (χ1n) is 19.8. The first-order valence-corrected chi connectivity index (χ1v) is 19.8. The van der Waals surface area contributed by atoms with Gasteiger partial charge in [-0.2, -0.15) is 0 Å². The normalized spacial score (nSPS) is 13.3. The van der Waals surface area contributed by atoms with Gasteiger partial charge < -0.3 is 13.6 Å². The molecule has 48 heavy (non-hydrogen) atoms. The van der Waals surface area contributed by atoms with E-state index in [1.807, 2.05) is 12.1 Å². The molecule has 0 bridgehead atoms. The molecule has 0 spiro atoms. The molecule has 0 aliphatic carbocycles. The van der Waals surface area contributed by atoms with Crippen LogP contribution in [0.1, 0.15) is 166 Å². The molecule has 0 saturated heterocycles. The van der Waals surface area contributed by atoms with E-state index in [0.29, 0.717) is 0 Å². The zero-order chi connectivity index (χ0) is 33.3. The van der Waals surface area contributed by atoms with Crippen LogP contribution >= 0.6 is 0 Å². The topological polar surface area (TPSA) is 35.5 Å². The molecule has 0 amide bonds. The van der Waals surface area contributed by atoms with E-state index >= 15 is 0 Å². The molecular formula is C45H62O3. The zero-order valence-corrected chi connectivity index (χ0v) is 30.2. The van der Waals surface area contributed by atoms with Crippen molar-refractivity contribution in [3.05, 3.63) is 84.3 Å². The molecule has 3 heteroatoms. The number of fused-ring (bicyclic) bond motifs is 2. The van der Waals surface area contributed by atoms with Crippen LogP contribution in [0, 0.1) is 0 Å². The Bertz CT molecular complexity index is 1320. The van der Waals surface area contributed by atoms with Crippen LogP contribution in [0.25, 0.3) is 22.6 Å². The lowest BCUT2D eigenvalue weighted by molar-refractivity contribution is 0.337. The molecule has 0 saturated carbocycles. The second-order valence-corrected chi connectivity index (χ2v) is 14.4. The summed E-state index contributed by atoms with van der Waals surface area (Å²) in [6, 6.07) is 21.5. The van der Waals surface area contributed by atoms with Crippen LogP contribution in [0.5, 0.6) is 11.5 Å². The summed E-state index contributed by atoms with van der Waals surface area (Å²) in [5.74, 6) is 3.63. The van der Waals surface area contributed by atoms with Gasteiger partial charge in [0.05, 0.1) is 23.7 Å². The fourth-order valence-electron chi connectivity index (χ4n) is 8.04. The zero-order valence-electron chi connectivity index (χ0n) is 30.2. The summed E-state index contributed by atoms with van der Waals surface area (Å²) in [4.78, 5) is 0. The second kappa shape index (κ2) is 19.7. The third kappa shape index (κ3) is 9.48. The Hall–Kier alpha value is -3.20. The summed E-state index contributed by atoms with van der Waals surface area (Å²) in [5.41, 5.74) is 4.61. The van der Waals surface area contributed by atoms with Crippen LogP contribution in [0.2, 0.25) is 0 Å². The van der Waals surface area contributed by atoms with Gasteiger partial charge in [0.2, 0.25) is 0 Å². The van der Waals surface area contributed by atoms with Gasteiger partial charge in [0.25, 0.3) is 0 Å². The van der Waals surface area contributed by atoms with Gasteiger partial charge in [0, 0.05) is 16.5 Å². The lowest BCUT2D eigenvalue weighted by Gasteiger charge is -2.42. The average molecular weight is 651 g/mol. The molecule has 3 nitrogen and oxygen atoms in total. The van der Waals surface area contributed by atoms with E-state index in [9.17, 15) is 0 Å². The summed E-state index contributed by atoms with van der Waals surface area (Å²) < 4.78 is 19.0. The number of hydrogen-bond acceptors (Lipinski definition) is 3. The number of furan rings is 2. The highest BCUT2D eigenvalue weighted by Gasteiger charge is 2.43. The van der Waals surface area contributed by atoms with Crippen molar-refractivity contribution >= 4 is 0 Å². The number of hydrogen-bond donors (Lipinski definition) is 0. The maximum Gasteiger partial charge on any atom is 0.142 e. The third-order valence-corrected chi connectivity index (χ3v) is 10.8. The van der Waals surface area contributed by atoms with Gasteiger partial charge in [0.15, 0.2) is 0 Å². The van der Waals surface area contributed by atoms with Crippen molar-refractivity contribution in [1.29, 1.82) is 0 Å². The fraction of sp³-hybridized carbons (Fsp3) is 0.556. The summed E-state index contributed by atoms with van der Waals surface area (Å²) in [5, 5.41) is 0. The molecule has 0 unspecified atom stereocenters. The van der Waals surface area contributed by atoms with Crippen LogP contribution in [-0.4, -0.2) is 0 Å². The van der Waals surface area contributed by atoms with Crippen molar-refractivity contribution in [2.24, 2.45) is 0 Å². The molecule has 0 fully saturated rings. The molecular weight excluding hydrogens is 588 g/mol.